The fourth-order valence-electron chi connectivity index (χ4n) is 4.35. The summed E-state index contributed by atoms with van der Waals surface area (Å²) in [5.74, 6) is 0.808. The maximum absolute atomic E-state index is 12.9. The molecule has 164 valence electrons. The lowest BCUT2D eigenvalue weighted by atomic mass is 10.1. The average molecular weight is 426 g/mol. The summed E-state index contributed by atoms with van der Waals surface area (Å²) >= 11 is 0. The minimum atomic E-state index is -0.471. The van der Waals surface area contributed by atoms with Gasteiger partial charge >= 0.3 is 5.69 Å². The van der Waals surface area contributed by atoms with E-state index in [0.29, 0.717) is 24.4 Å². The number of aromatic amines is 1. The lowest BCUT2D eigenvalue weighted by Crippen LogP contribution is -2.58. The highest BCUT2D eigenvalue weighted by Crippen LogP contribution is 2.40. The third-order valence-electron chi connectivity index (χ3n) is 6.42. The van der Waals surface area contributed by atoms with Crippen molar-refractivity contribution in [2.75, 3.05) is 20.1 Å². The number of likely N-dealkylation sites (tertiary alicyclic amines) is 1. The predicted molar refractivity (Wildman–Crippen MR) is 115 cm³/mol. The number of ether oxygens (including phenoxy) is 1. The van der Waals surface area contributed by atoms with Crippen LogP contribution in [-0.4, -0.2) is 61.8 Å². The summed E-state index contributed by atoms with van der Waals surface area (Å²) in [6, 6.07) is 5.80. The third kappa shape index (κ3) is 3.95. The molecule has 1 saturated carbocycles. The van der Waals surface area contributed by atoms with Crippen molar-refractivity contribution in [2.45, 2.75) is 50.4 Å². The van der Waals surface area contributed by atoms with Gasteiger partial charge < -0.3 is 14.7 Å². The van der Waals surface area contributed by atoms with E-state index in [4.69, 9.17) is 4.74 Å². The number of benzene rings is 1. The number of H-pyrrole nitrogens is 1. The highest BCUT2D eigenvalue weighted by Gasteiger charge is 2.40. The Morgan fingerprint density at radius 1 is 1.32 bits per heavy atom. The van der Waals surface area contributed by atoms with Crippen molar-refractivity contribution in [3.63, 3.8) is 0 Å². The van der Waals surface area contributed by atoms with E-state index >= 15 is 0 Å². The minimum Gasteiger partial charge on any atom is -0.488 e. The fourth-order valence-corrected chi connectivity index (χ4v) is 4.35. The Hall–Kier alpha value is -2.78. The number of aliphatic hydroxyl groups excluding tert-OH is 1. The summed E-state index contributed by atoms with van der Waals surface area (Å²) in [6.07, 6.45) is 4.75. The summed E-state index contributed by atoms with van der Waals surface area (Å²) in [7, 11) is 3.64. The molecule has 0 radical (unpaired) electrons. The van der Waals surface area contributed by atoms with Crippen molar-refractivity contribution in [2.24, 2.45) is 7.05 Å². The molecule has 1 aromatic carbocycles. The van der Waals surface area contributed by atoms with Crippen molar-refractivity contribution < 1.29 is 14.4 Å². The smallest absolute Gasteiger partial charge is 0.488 e. The molecule has 0 amide bonds. The van der Waals surface area contributed by atoms with E-state index in [1.165, 1.54) is 4.68 Å². The van der Waals surface area contributed by atoms with E-state index in [2.05, 4.69) is 27.1 Å². The molecule has 3 aromatic rings. The van der Waals surface area contributed by atoms with Gasteiger partial charge in [-0.1, -0.05) is 9.78 Å². The van der Waals surface area contributed by atoms with Gasteiger partial charge in [-0.3, -0.25) is 5.10 Å². The molecule has 31 heavy (non-hydrogen) atoms. The maximum atomic E-state index is 12.9. The molecule has 2 unspecified atom stereocenters. The van der Waals surface area contributed by atoms with E-state index in [1.807, 2.05) is 25.2 Å². The second kappa shape index (κ2) is 7.42. The first kappa shape index (κ1) is 20.1. The monoisotopic (exact) mass is 425 g/mol. The van der Waals surface area contributed by atoms with Crippen LogP contribution in [0.1, 0.15) is 38.6 Å². The highest BCUT2D eigenvalue weighted by molar-refractivity contribution is 5.92. The van der Waals surface area contributed by atoms with Gasteiger partial charge in [-0.2, -0.15) is 14.5 Å². The number of hydrogen-bond donors (Lipinski definition) is 2. The molecule has 1 aliphatic heterocycles. The van der Waals surface area contributed by atoms with Gasteiger partial charge in [0.2, 0.25) is 0 Å². The summed E-state index contributed by atoms with van der Waals surface area (Å²) in [4.78, 5) is 15.0. The second-order valence-corrected chi connectivity index (χ2v) is 9.25. The van der Waals surface area contributed by atoms with Gasteiger partial charge in [-0.15, -0.1) is 0 Å². The zero-order valence-corrected chi connectivity index (χ0v) is 18.2. The molecule has 0 bridgehead atoms. The minimum absolute atomic E-state index is 0.0665. The molecule has 2 aromatic heterocycles. The molecule has 9 heteroatoms. The van der Waals surface area contributed by atoms with Gasteiger partial charge in [0.25, 0.3) is 0 Å². The van der Waals surface area contributed by atoms with Gasteiger partial charge in [0, 0.05) is 31.3 Å². The third-order valence-corrected chi connectivity index (χ3v) is 6.42. The molecule has 3 heterocycles. The van der Waals surface area contributed by atoms with Crippen LogP contribution in [0.3, 0.4) is 0 Å². The molecule has 1 saturated heterocycles. The number of aliphatic hydroxyl groups is 1. The van der Waals surface area contributed by atoms with Crippen LogP contribution in [0.15, 0.2) is 29.2 Å². The van der Waals surface area contributed by atoms with Crippen molar-refractivity contribution in [1.82, 2.24) is 24.9 Å². The van der Waals surface area contributed by atoms with Crippen LogP contribution in [0.4, 0.5) is 0 Å². The molecule has 1 aliphatic carbocycles. The normalized spacial score (nSPS) is 23.6. The summed E-state index contributed by atoms with van der Waals surface area (Å²) < 4.78 is 9.18. The molecule has 2 aliphatic rings. The number of fused-ring (bicyclic) bond motifs is 1. The van der Waals surface area contributed by atoms with Crippen LogP contribution in [0.2, 0.25) is 0 Å². The fraction of sp³-hybridized carbons (Fsp3) is 0.545. The largest absolute Gasteiger partial charge is 0.518 e. The lowest BCUT2D eigenvalue weighted by molar-refractivity contribution is -0.742. The number of rotatable bonds is 4. The van der Waals surface area contributed by atoms with E-state index in [-0.39, 0.29) is 17.3 Å². The Bertz CT molecular complexity index is 1180. The van der Waals surface area contributed by atoms with Gasteiger partial charge in [0.1, 0.15) is 36.3 Å². The quantitative estimate of drug-likeness (QED) is 0.609. The van der Waals surface area contributed by atoms with Crippen LogP contribution in [0, 0.1) is 0 Å². The number of aryl methyl sites for hydroxylation is 1. The van der Waals surface area contributed by atoms with Crippen molar-refractivity contribution in [3.8, 4) is 17.1 Å². The molecule has 2 fully saturated rings. The Balaban J connectivity index is 1.55. The van der Waals surface area contributed by atoms with Gasteiger partial charge in [-0.05, 0) is 45.0 Å². The number of likely N-dealkylation sites (N-methyl/N-ethyl adjacent to an activating group) is 1. The summed E-state index contributed by atoms with van der Waals surface area (Å²) in [5.41, 5.74) is 1.91. The number of nitrogens with one attached hydrogen (secondary N) is 1. The molecule has 2 N–H and O–H groups in total. The van der Waals surface area contributed by atoms with E-state index in [1.54, 1.807) is 17.8 Å². The summed E-state index contributed by atoms with van der Waals surface area (Å²) in [6.45, 7) is 3.55. The van der Waals surface area contributed by atoms with Crippen molar-refractivity contribution >= 4 is 10.9 Å². The van der Waals surface area contributed by atoms with Crippen LogP contribution in [-0.2, 0) is 7.05 Å². The molecular formula is C22H29N6O3+. The first-order chi connectivity index (χ1) is 14.8. The number of β-amino-alcohol motifs (C(OH)–C–C–N with tert-alkyl or cyclic N) is 1. The highest BCUT2D eigenvalue weighted by atomic mass is 16.5. The van der Waals surface area contributed by atoms with Crippen LogP contribution in [0.25, 0.3) is 22.3 Å². The SMILES string of the molecule is CN1CCC([n+]2cc(-c3n[nH]c4ccc(OC5(C)CC5)cc34)nn(C)c2=O)CC(O)C1. The Morgan fingerprint density at radius 2 is 2.13 bits per heavy atom. The molecule has 2 atom stereocenters. The number of aromatic nitrogens is 5. The standard InChI is InChI=1S/C22H29N6O3/c1-22(7-8-22)31-16-4-5-18-17(11-16)20(24-23-18)19-13-28(21(30)27(3)25-19)14-6-9-26(2)12-15(29)10-14/h4-5,11,13-15,29H,6-10,12H2,1-3H3,(H,23,24)/q+1. The zero-order valence-electron chi connectivity index (χ0n) is 18.2. The van der Waals surface area contributed by atoms with Crippen LogP contribution in [0.5, 0.6) is 5.75 Å². The molecular weight excluding hydrogens is 396 g/mol. The van der Waals surface area contributed by atoms with Gasteiger partial charge in [-0.25, -0.2) is 0 Å². The van der Waals surface area contributed by atoms with Crippen molar-refractivity contribution in [3.05, 3.63) is 34.9 Å². The number of nitrogens with zero attached hydrogens (tertiary/aromatic N) is 5. The van der Waals surface area contributed by atoms with E-state index in [9.17, 15) is 9.90 Å². The Morgan fingerprint density at radius 3 is 2.90 bits per heavy atom. The van der Waals surface area contributed by atoms with E-state index < -0.39 is 6.10 Å². The van der Waals surface area contributed by atoms with Crippen LogP contribution < -0.4 is 15.0 Å². The maximum Gasteiger partial charge on any atom is 0.518 e. The number of hydrogen-bond acceptors (Lipinski definition) is 6. The first-order valence-corrected chi connectivity index (χ1v) is 10.8. The lowest BCUT2D eigenvalue weighted by Gasteiger charge is -2.14. The first-order valence-electron chi connectivity index (χ1n) is 10.8. The van der Waals surface area contributed by atoms with Gasteiger partial charge in [0.05, 0.1) is 11.6 Å². The zero-order chi connectivity index (χ0) is 21.8. The second-order valence-electron chi connectivity index (χ2n) is 9.25. The molecule has 0 spiro atoms. The Labute approximate surface area is 180 Å². The molecule has 5 rings (SSSR count). The molecule has 9 nitrogen and oxygen atoms in total. The average Bonchev–Trinajstić information content (AvgIpc) is 3.34. The topological polar surface area (TPSA) is 100 Å². The Kier molecular flexibility index (Phi) is 4.82. The summed E-state index contributed by atoms with van der Waals surface area (Å²) in [5, 5.41) is 23.3. The van der Waals surface area contributed by atoms with Gasteiger partial charge in [0.15, 0.2) is 5.69 Å². The van der Waals surface area contributed by atoms with Crippen molar-refractivity contribution in [1.29, 1.82) is 0 Å². The van der Waals surface area contributed by atoms with Crippen LogP contribution >= 0.6 is 0 Å². The van der Waals surface area contributed by atoms with E-state index in [0.717, 1.165) is 42.5 Å². The predicted octanol–water partition coefficient (Wildman–Crippen LogP) is 1.17.